The normalized spacial score (nSPS) is 48.8. The summed E-state index contributed by atoms with van der Waals surface area (Å²) in [4.78, 5) is 0. The minimum absolute atomic E-state index is 0.0820. The first-order chi connectivity index (χ1) is 6.14. The maximum absolute atomic E-state index is 9.48. The lowest BCUT2D eigenvalue weighted by Crippen LogP contribution is -2.39. The molecule has 2 aliphatic rings. The second-order valence-electron chi connectivity index (χ2n) is 3.88. The van der Waals surface area contributed by atoms with Crippen LogP contribution in [0.5, 0.6) is 0 Å². The molecule has 2 unspecified atom stereocenters. The molecule has 74 valence electrons. The van der Waals surface area contributed by atoms with E-state index in [2.05, 4.69) is 6.58 Å². The zero-order valence-corrected chi connectivity index (χ0v) is 7.31. The highest BCUT2D eigenvalue weighted by Crippen LogP contribution is 2.53. The molecule has 0 radical (unpaired) electrons. The minimum atomic E-state index is -0.912. The van der Waals surface area contributed by atoms with Crippen LogP contribution in [0.25, 0.3) is 0 Å². The van der Waals surface area contributed by atoms with E-state index >= 15 is 0 Å². The second kappa shape index (κ2) is 2.78. The van der Waals surface area contributed by atoms with E-state index in [1.807, 2.05) is 0 Å². The Labute approximate surface area is 76.5 Å². The standard InChI is InChI=1S/C9H14O4/c1-5-2-9(4-11)6(3-10)7(5)8(12)13-9/h6-8,10-12H,1-4H2/t6?,7?,8-,9-/m1/s1. The molecule has 0 aromatic heterocycles. The Kier molecular flexibility index (Phi) is 1.96. The summed E-state index contributed by atoms with van der Waals surface area (Å²) in [6, 6.07) is 0. The Morgan fingerprint density at radius 1 is 1.54 bits per heavy atom. The molecular weight excluding hydrogens is 172 g/mol. The topological polar surface area (TPSA) is 69.9 Å². The maximum Gasteiger partial charge on any atom is 0.162 e. The van der Waals surface area contributed by atoms with Gasteiger partial charge in [0.15, 0.2) is 6.29 Å². The van der Waals surface area contributed by atoms with E-state index in [1.165, 1.54) is 0 Å². The number of hydrogen-bond acceptors (Lipinski definition) is 4. The van der Waals surface area contributed by atoms with Gasteiger partial charge in [-0.1, -0.05) is 12.2 Å². The van der Waals surface area contributed by atoms with E-state index in [0.29, 0.717) is 6.42 Å². The first-order valence-electron chi connectivity index (χ1n) is 4.40. The van der Waals surface area contributed by atoms with Gasteiger partial charge in [-0.05, 0) is 0 Å². The third-order valence-corrected chi connectivity index (χ3v) is 3.23. The van der Waals surface area contributed by atoms with E-state index in [-0.39, 0.29) is 25.0 Å². The summed E-state index contributed by atoms with van der Waals surface area (Å²) < 4.78 is 5.26. The molecule has 1 saturated carbocycles. The minimum Gasteiger partial charge on any atom is -0.396 e. The molecule has 1 saturated heterocycles. The largest absolute Gasteiger partial charge is 0.396 e. The molecule has 0 aromatic rings. The molecule has 2 rings (SSSR count). The van der Waals surface area contributed by atoms with E-state index in [9.17, 15) is 10.2 Å². The summed E-state index contributed by atoms with van der Waals surface area (Å²) in [6.45, 7) is 3.56. The zero-order chi connectivity index (χ0) is 9.64. The molecule has 1 aliphatic heterocycles. The number of ether oxygens (including phenoxy) is 1. The molecule has 4 heteroatoms. The Morgan fingerprint density at radius 2 is 2.23 bits per heavy atom. The average Bonchev–Trinajstić information content (AvgIpc) is 2.52. The van der Waals surface area contributed by atoms with E-state index in [1.54, 1.807) is 0 Å². The molecule has 0 aromatic carbocycles. The van der Waals surface area contributed by atoms with Crippen molar-refractivity contribution >= 4 is 0 Å². The van der Waals surface area contributed by atoms with Crippen molar-refractivity contribution in [2.75, 3.05) is 13.2 Å². The van der Waals surface area contributed by atoms with Crippen LogP contribution in [-0.4, -0.2) is 40.4 Å². The molecule has 4 atom stereocenters. The Balaban J connectivity index is 2.33. The predicted octanol–water partition coefficient (Wildman–Crippen LogP) is -0.749. The Morgan fingerprint density at radius 3 is 2.62 bits per heavy atom. The molecule has 2 bridgehead atoms. The molecule has 1 heterocycles. The fourth-order valence-corrected chi connectivity index (χ4v) is 2.58. The second-order valence-corrected chi connectivity index (χ2v) is 3.88. The van der Waals surface area contributed by atoms with E-state index < -0.39 is 11.9 Å². The van der Waals surface area contributed by atoms with Gasteiger partial charge in [-0.25, -0.2) is 0 Å². The fraction of sp³-hybridized carbons (Fsp3) is 0.778. The smallest absolute Gasteiger partial charge is 0.162 e. The molecular formula is C9H14O4. The van der Waals surface area contributed by atoms with Crippen LogP contribution in [0.4, 0.5) is 0 Å². The van der Waals surface area contributed by atoms with Crippen LogP contribution in [0, 0.1) is 11.8 Å². The zero-order valence-electron chi connectivity index (χ0n) is 7.31. The van der Waals surface area contributed by atoms with Gasteiger partial charge in [0.25, 0.3) is 0 Å². The van der Waals surface area contributed by atoms with Gasteiger partial charge < -0.3 is 20.1 Å². The fourth-order valence-electron chi connectivity index (χ4n) is 2.58. The third kappa shape index (κ3) is 1.00. The molecule has 0 amide bonds. The summed E-state index contributed by atoms with van der Waals surface area (Å²) in [7, 11) is 0. The lowest BCUT2D eigenvalue weighted by Gasteiger charge is -2.29. The predicted molar refractivity (Wildman–Crippen MR) is 44.7 cm³/mol. The van der Waals surface area contributed by atoms with Crippen LogP contribution >= 0.6 is 0 Å². The summed E-state index contributed by atoms with van der Waals surface area (Å²) in [5.74, 6) is -0.419. The number of hydrogen-bond donors (Lipinski definition) is 3. The van der Waals surface area contributed by atoms with Crippen molar-refractivity contribution in [2.24, 2.45) is 11.8 Å². The lowest BCUT2D eigenvalue weighted by molar-refractivity contribution is -0.175. The highest BCUT2D eigenvalue weighted by Gasteiger charge is 2.60. The Hall–Kier alpha value is -0.420. The van der Waals surface area contributed by atoms with Crippen LogP contribution in [0.1, 0.15) is 6.42 Å². The third-order valence-electron chi connectivity index (χ3n) is 3.23. The summed E-state index contributed by atoms with van der Waals surface area (Å²) >= 11 is 0. The van der Waals surface area contributed by atoms with Crippen molar-refractivity contribution in [3.8, 4) is 0 Å². The van der Waals surface area contributed by atoms with Gasteiger partial charge in [-0.2, -0.15) is 0 Å². The van der Waals surface area contributed by atoms with E-state index in [4.69, 9.17) is 9.84 Å². The highest BCUT2D eigenvalue weighted by atomic mass is 16.6. The molecule has 4 nitrogen and oxygen atoms in total. The molecule has 13 heavy (non-hydrogen) atoms. The van der Waals surface area contributed by atoms with Crippen molar-refractivity contribution in [1.82, 2.24) is 0 Å². The summed E-state index contributed by atoms with van der Waals surface area (Å²) in [5.41, 5.74) is 0.0856. The van der Waals surface area contributed by atoms with Crippen molar-refractivity contribution < 1.29 is 20.1 Å². The van der Waals surface area contributed by atoms with Crippen molar-refractivity contribution in [1.29, 1.82) is 0 Å². The number of aliphatic hydroxyl groups is 3. The van der Waals surface area contributed by atoms with Gasteiger partial charge in [0, 0.05) is 24.9 Å². The monoisotopic (exact) mass is 186 g/mol. The SMILES string of the molecule is C=C1C[C@]2(CO)O[C@@H](O)C1C2CO. The lowest BCUT2D eigenvalue weighted by atomic mass is 9.90. The first kappa shape index (κ1) is 9.15. The average molecular weight is 186 g/mol. The van der Waals surface area contributed by atoms with Crippen molar-refractivity contribution in [3.05, 3.63) is 12.2 Å². The maximum atomic E-state index is 9.48. The van der Waals surface area contributed by atoms with Gasteiger partial charge >= 0.3 is 0 Å². The summed E-state index contributed by atoms with van der Waals surface area (Å²) in [6.07, 6.45) is -0.373. The van der Waals surface area contributed by atoms with Crippen LogP contribution in [0.2, 0.25) is 0 Å². The number of aliphatic hydroxyl groups excluding tert-OH is 3. The molecule has 3 N–H and O–H groups in total. The van der Waals surface area contributed by atoms with Crippen LogP contribution in [0.3, 0.4) is 0 Å². The van der Waals surface area contributed by atoms with Gasteiger partial charge in [0.05, 0.1) is 6.61 Å². The number of fused-ring (bicyclic) bond motifs is 2. The van der Waals surface area contributed by atoms with E-state index in [0.717, 1.165) is 5.57 Å². The van der Waals surface area contributed by atoms with Crippen LogP contribution in [-0.2, 0) is 4.74 Å². The van der Waals surface area contributed by atoms with Crippen LogP contribution < -0.4 is 0 Å². The quantitative estimate of drug-likeness (QED) is 0.496. The van der Waals surface area contributed by atoms with Gasteiger partial charge in [-0.3, -0.25) is 0 Å². The molecule has 0 spiro atoms. The number of rotatable bonds is 2. The van der Waals surface area contributed by atoms with Gasteiger partial charge in [-0.15, -0.1) is 0 Å². The highest BCUT2D eigenvalue weighted by molar-refractivity contribution is 5.23. The van der Waals surface area contributed by atoms with Crippen molar-refractivity contribution in [3.63, 3.8) is 0 Å². The first-order valence-corrected chi connectivity index (χ1v) is 4.40. The van der Waals surface area contributed by atoms with Gasteiger partial charge in [0.1, 0.15) is 5.60 Å². The van der Waals surface area contributed by atoms with Crippen LogP contribution in [0.15, 0.2) is 12.2 Å². The van der Waals surface area contributed by atoms with Crippen molar-refractivity contribution in [2.45, 2.75) is 18.3 Å². The van der Waals surface area contributed by atoms with Gasteiger partial charge in [0.2, 0.25) is 0 Å². The summed E-state index contributed by atoms with van der Waals surface area (Å²) in [5, 5.41) is 27.8. The Bertz CT molecular complexity index is 240. The molecule has 1 aliphatic carbocycles. The molecule has 2 fully saturated rings.